The van der Waals surface area contributed by atoms with Gasteiger partial charge in [-0.05, 0) is 24.3 Å². The first-order valence-electron chi connectivity index (χ1n) is 8.11. The highest BCUT2D eigenvalue weighted by atomic mass is 32.2. The molecule has 3 rings (SSSR count). The van der Waals surface area contributed by atoms with Crippen LogP contribution in [0.15, 0.2) is 33.9 Å². The van der Waals surface area contributed by atoms with Crippen molar-refractivity contribution in [1.29, 1.82) is 0 Å². The summed E-state index contributed by atoms with van der Waals surface area (Å²) in [4.78, 5) is 25.7. The van der Waals surface area contributed by atoms with Crippen molar-refractivity contribution in [3.8, 4) is 0 Å². The number of amides is 1. The number of carbonyl (C=O) groups excluding carboxylic acids is 1. The Bertz CT molecular complexity index is 764. The largest absolute Gasteiger partial charge is 0.481 e. The second-order valence-electron chi connectivity index (χ2n) is 6.16. The van der Waals surface area contributed by atoms with E-state index in [1.165, 1.54) is 15.6 Å². The van der Waals surface area contributed by atoms with Crippen molar-refractivity contribution in [1.82, 2.24) is 9.21 Å². The number of rotatable bonds is 4. The van der Waals surface area contributed by atoms with E-state index in [4.69, 9.17) is 0 Å². The fourth-order valence-electron chi connectivity index (χ4n) is 3.28. The van der Waals surface area contributed by atoms with Gasteiger partial charge in [0.1, 0.15) is 4.21 Å². The summed E-state index contributed by atoms with van der Waals surface area (Å²) >= 11 is 1.17. The average molecular weight is 384 g/mol. The highest BCUT2D eigenvalue weighted by Gasteiger charge is 2.38. The van der Waals surface area contributed by atoms with Gasteiger partial charge in [-0.1, -0.05) is 18.2 Å². The summed E-state index contributed by atoms with van der Waals surface area (Å²) in [6, 6.07) is 3.27. The lowest BCUT2D eigenvalue weighted by Gasteiger charge is -2.37. The number of nitrogens with zero attached hydrogens (tertiary/aromatic N) is 2. The maximum atomic E-state index is 12.7. The van der Waals surface area contributed by atoms with E-state index in [0.717, 1.165) is 0 Å². The standard InChI is InChI=1S/C16H20N2O5S2/c19-15(12-4-1-2-5-13(12)16(20)21)17-7-9-18(10-8-17)25(22,23)14-6-3-11-24-14/h1-3,6,11-13H,4-5,7-10H2,(H,20,21)/t12-,13+/m0/s1. The van der Waals surface area contributed by atoms with Gasteiger partial charge in [0.05, 0.1) is 11.8 Å². The summed E-state index contributed by atoms with van der Waals surface area (Å²) in [5, 5.41) is 11.0. The molecule has 1 amide bonds. The van der Waals surface area contributed by atoms with Gasteiger partial charge >= 0.3 is 5.97 Å². The number of hydrogen-bond donors (Lipinski definition) is 1. The molecule has 0 saturated carbocycles. The van der Waals surface area contributed by atoms with Gasteiger partial charge in [-0.2, -0.15) is 4.31 Å². The summed E-state index contributed by atoms with van der Waals surface area (Å²) in [7, 11) is -3.51. The lowest BCUT2D eigenvalue weighted by molar-refractivity contribution is -0.151. The summed E-state index contributed by atoms with van der Waals surface area (Å²) < 4.78 is 26.7. The molecule has 2 heterocycles. The molecule has 1 saturated heterocycles. The number of piperazine rings is 1. The van der Waals surface area contributed by atoms with E-state index in [0.29, 0.717) is 17.1 Å². The normalized spacial score (nSPS) is 25.0. The van der Waals surface area contributed by atoms with Crippen LogP contribution in [-0.4, -0.2) is 60.8 Å². The molecule has 0 unspecified atom stereocenters. The van der Waals surface area contributed by atoms with Crippen molar-refractivity contribution >= 4 is 33.2 Å². The Hall–Kier alpha value is -1.71. The summed E-state index contributed by atoms with van der Waals surface area (Å²) in [5.74, 6) is -2.42. The average Bonchev–Trinajstić information content (AvgIpc) is 3.16. The molecule has 0 bridgehead atoms. The molecule has 2 aliphatic rings. The molecule has 0 spiro atoms. The third-order valence-corrected chi connectivity index (χ3v) is 7.98. The number of thiophene rings is 1. The minimum atomic E-state index is -3.51. The zero-order chi connectivity index (χ0) is 18.0. The molecule has 9 heteroatoms. The zero-order valence-electron chi connectivity index (χ0n) is 13.6. The van der Waals surface area contributed by atoms with Gasteiger partial charge in [-0.15, -0.1) is 11.3 Å². The monoisotopic (exact) mass is 384 g/mol. The van der Waals surface area contributed by atoms with Crippen LogP contribution in [0.25, 0.3) is 0 Å². The van der Waals surface area contributed by atoms with Crippen LogP contribution in [0, 0.1) is 11.8 Å². The maximum absolute atomic E-state index is 12.7. The van der Waals surface area contributed by atoms with Crippen molar-refractivity contribution in [2.24, 2.45) is 11.8 Å². The van der Waals surface area contributed by atoms with Gasteiger partial charge in [0.25, 0.3) is 10.0 Å². The molecule has 7 nitrogen and oxygen atoms in total. The van der Waals surface area contributed by atoms with E-state index in [2.05, 4.69) is 0 Å². The molecule has 2 atom stereocenters. The number of hydrogen-bond acceptors (Lipinski definition) is 5. The predicted molar refractivity (Wildman–Crippen MR) is 92.6 cm³/mol. The number of aliphatic carboxylic acids is 1. The molecule has 0 aromatic carbocycles. The van der Waals surface area contributed by atoms with Crippen LogP contribution in [0.3, 0.4) is 0 Å². The highest BCUT2D eigenvalue weighted by molar-refractivity contribution is 7.91. The quantitative estimate of drug-likeness (QED) is 0.789. The van der Waals surface area contributed by atoms with Crippen LogP contribution in [0.1, 0.15) is 12.8 Å². The van der Waals surface area contributed by atoms with E-state index < -0.39 is 27.8 Å². The minimum Gasteiger partial charge on any atom is -0.481 e. The summed E-state index contributed by atoms with van der Waals surface area (Å²) in [5.41, 5.74) is 0. The van der Waals surface area contributed by atoms with Crippen molar-refractivity contribution in [3.05, 3.63) is 29.7 Å². The second kappa shape index (κ2) is 7.27. The molecule has 1 aliphatic heterocycles. The Balaban J connectivity index is 1.65. The van der Waals surface area contributed by atoms with Gasteiger partial charge in [0.2, 0.25) is 5.91 Å². The number of sulfonamides is 1. The summed E-state index contributed by atoms with van der Waals surface area (Å²) in [6.07, 6.45) is 4.43. The van der Waals surface area contributed by atoms with Gasteiger partial charge in [-0.3, -0.25) is 9.59 Å². The van der Waals surface area contributed by atoms with Crippen LogP contribution in [0.5, 0.6) is 0 Å². The SMILES string of the molecule is O=C(O)[C@@H]1CC=CC[C@@H]1C(=O)N1CCN(S(=O)(=O)c2cccs2)CC1. The highest BCUT2D eigenvalue weighted by Crippen LogP contribution is 2.29. The maximum Gasteiger partial charge on any atom is 0.307 e. The Kier molecular flexibility index (Phi) is 5.26. The van der Waals surface area contributed by atoms with Crippen LogP contribution in [0.4, 0.5) is 0 Å². The number of carbonyl (C=O) groups is 2. The molecule has 0 radical (unpaired) electrons. The van der Waals surface area contributed by atoms with E-state index >= 15 is 0 Å². The predicted octanol–water partition coefficient (Wildman–Crippen LogP) is 1.25. The van der Waals surface area contributed by atoms with Gasteiger partial charge in [-0.25, -0.2) is 8.42 Å². The van der Waals surface area contributed by atoms with E-state index in [9.17, 15) is 23.1 Å². The molecule has 25 heavy (non-hydrogen) atoms. The third kappa shape index (κ3) is 3.63. The lowest BCUT2D eigenvalue weighted by atomic mass is 9.82. The first-order chi connectivity index (χ1) is 11.9. The van der Waals surface area contributed by atoms with Crippen LogP contribution >= 0.6 is 11.3 Å². The number of carboxylic acids is 1. The summed E-state index contributed by atoms with van der Waals surface area (Å²) in [6.45, 7) is 1.03. The van der Waals surface area contributed by atoms with Crippen molar-refractivity contribution in [2.75, 3.05) is 26.2 Å². The molecular weight excluding hydrogens is 364 g/mol. The first-order valence-corrected chi connectivity index (χ1v) is 10.4. The Morgan fingerprint density at radius 1 is 1.08 bits per heavy atom. The Labute approximate surface area is 150 Å². The van der Waals surface area contributed by atoms with Crippen LogP contribution < -0.4 is 0 Å². The van der Waals surface area contributed by atoms with Gasteiger partial charge in [0, 0.05) is 26.2 Å². The Morgan fingerprint density at radius 2 is 1.72 bits per heavy atom. The van der Waals surface area contributed by atoms with Crippen molar-refractivity contribution in [3.63, 3.8) is 0 Å². The van der Waals surface area contributed by atoms with Gasteiger partial charge < -0.3 is 10.0 Å². The topological polar surface area (TPSA) is 95.0 Å². The molecule has 1 aliphatic carbocycles. The Morgan fingerprint density at radius 3 is 2.28 bits per heavy atom. The second-order valence-corrected chi connectivity index (χ2v) is 9.27. The molecule has 136 valence electrons. The molecular formula is C16H20N2O5S2. The van der Waals surface area contributed by atoms with E-state index in [1.807, 2.05) is 6.08 Å². The molecule has 1 N–H and O–H groups in total. The van der Waals surface area contributed by atoms with Gasteiger partial charge in [0.15, 0.2) is 0 Å². The smallest absolute Gasteiger partial charge is 0.307 e. The van der Waals surface area contributed by atoms with Crippen LogP contribution in [-0.2, 0) is 19.6 Å². The van der Waals surface area contributed by atoms with E-state index in [1.54, 1.807) is 28.5 Å². The zero-order valence-corrected chi connectivity index (χ0v) is 15.2. The number of carboxylic acid groups (broad SMARTS) is 1. The number of allylic oxidation sites excluding steroid dienone is 2. The lowest BCUT2D eigenvalue weighted by Crippen LogP contribution is -2.53. The fraction of sp³-hybridized carbons (Fsp3) is 0.500. The van der Waals surface area contributed by atoms with Crippen molar-refractivity contribution in [2.45, 2.75) is 17.1 Å². The third-order valence-electron chi connectivity index (χ3n) is 4.71. The minimum absolute atomic E-state index is 0.190. The fourth-order valence-corrected chi connectivity index (χ4v) is 5.85. The molecule has 1 fully saturated rings. The first kappa shape index (κ1) is 18.1. The molecule has 1 aromatic heterocycles. The van der Waals surface area contributed by atoms with Crippen molar-refractivity contribution < 1.29 is 23.1 Å². The van der Waals surface area contributed by atoms with E-state index in [-0.39, 0.29) is 32.1 Å². The van der Waals surface area contributed by atoms with Crippen LogP contribution in [0.2, 0.25) is 0 Å². The molecule has 1 aromatic rings.